The molecule has 0 atom stereocenters. The zero-order valence-corrected chi connectivity index (χ0v) is 12.4. The van der Waals surface area contributed by atoms with Gasteiger partial charge in [-0.2, -0.15) is 0 Å². The van der Waals surface area contributed by atoms with Crippen molar-refractivity contribution in [1.29, 1.82) is 0 Å². The van der Waals surface area contributed by atoms with Gasteiger partial charge in [-0.1, -0.05) is 6.07 Å². The molecule has 1 aliphatic heterocycles. The second kappa shape index (κ2) is 6.95. The Morgan fingerprint density at radius 3 is 2.90 bits per heavy atom. The van der Waals surface area contributed by atoms with Crippen molar-refractivity contribution in [1.82, 2.24) is 4.90 Å². The van der Waals surface area contributed by atoms with Crippen molar-refractivity contribution in [2.45, 2.75) is 12.8 Å². The molecule has 1 aliphatic rings. The predicted molar refractivity (Wildman–Crippen MR) is 80.7 cm³/mol. The first-order valence-electron chi connectivity index (χ1n) is 6.96. The summed E-state index contributed by atoms with van der Waals surface area (Å²) in [4.78, 5) is 2.20. The first kappa shape index (κ1) is 15.1. The van der Waals surface area contributed by atoms with Crippen LogP contribution in [0.5, 0.6) is 5.75 Å². The maximum atomic E-state index is 11.5. The van der Waals surface area contributed by atoms with E-state index in [2.05, 4.69) is 4.90 Å². The number of benzene rings is 1. The van der Waals surface area contributed by atoms with Gasteiger partial charge < -0.3 is 15.4 Å². The first-order chi connectivity index (χ1) is 9.55. The summed E-state index contributed by atoms with van der Waals surface area (Å²) in [6.07, 6.45) is 1.62. The summed E-state index contributed by atoms with van der Waals surface area (Å²) in [6.45, 7) is 2.99. The van der Waals surface area contributed by atoms with E-state index in [4.69, 9.17) is 10.5 Å². The minimum absolute atomic E-state index is 0.281. The fourth-order valence-corrected chi connectivity index (χ4v) is 3.61. The molecule has 0 spiro atoms. The lowest BCUT2D eigenvalue weighted by molar-refractivity contribution is 0.245. The largest absolute Gasteiger partial charge is 0.493 e. The van der Waals surface area contributed by atoms with Crippen LogP contribution >= 0.6 is 0 Å². The maximum absolute atomic E-state index is 11.5. The molecule has 1 heterocycles. The summed E-state index contributed by atoms with van der Waals surface area (Å²) < 4.78 is 28.6. The Morgan fingerprint density at radius 2 is 2.10 bits per heavy atom. The van der Waals surface area contributed by atoms with Crippen LogP contribution in [0.2, 0.25) is 0 Å². The first-order valence-corrected chi connectivity index (χ1v) is 8.78. The molecule has 0 aliphatic carbocycles. The van der Waals surface area contributed by atoms with E-state index in [0.717, 1.165) is 31.7 Å². The van der Waals surface area contributed by atoms with Crippen LogP contribution in [0.25, 0.3) is 0 Å². The van der Waals surface area contributed by atoms with E-state index >= 15 is 0 Å². The third-order valence-corrected chi connectivity index (χ3v) is 5.11. The van der Waals surface area contributed by atoms with E-state index in [-0.39, 0.29) is 5.75 Å². The molecule has 5 nitrogen and oxygen atoms in total. The van der Waals surface area contributed by atoms with Gasteiger partial charge in [0.15, 0.2) is 9.84 Å². The molecule has 20 heavy (non-hydrogen) atoms. The minimum Gasteiger partial charge on any atom is -0.493 e. The molecule has 2 N–H and O–H groups in total. The Balaban J connectivity index is 1.68. The Hall–Kier alpha value is -1.27. The third-order valence-electron chi connectivity index (χ3n) is 3.39. The topological polar surface area (TPSA) is 72.6 Å². The lowest BCUT2D eigenvalue weighted by Crippen LogP contribution is -2.29. The average molecular weight is 298 g/mol. The second-order valence-corrected chi connectivity index (χ2v) is 7.43. The molecule has 6 heteroatoms. The SMILES string of the molecule is Nc1cccc(OCCCN2CCCS(=O)(=O)CC2)c1. The van der Waals surface area contributed by atoms with Crippen LogP contribution < -0.4 is 10.5 Å². The number of nitrogens with two attached hydrogens (primary N) is 1. The van der Waals surface area contributed by atoms with Gasteiger partial charge >= 0.3 is 0 Å². The highest BCUT2D eigenvalue weighted by atomic mass is 32.2. The summed E-state index contributed by atoms with van der Waals surface area (Å²) in [5.74, 6) is 1.38. The number of nitrogen functional groups attached to an aromatic ring is 1. The van der Waals surface area contributed by atoms with Crippen molar-refractivity contribution in [2.75, 3.05) is 43.5 Å². The summed E-state index contributed by atoms with van der Waals surface area (Å²) in [6, 6.07) is 7.38. The summed E-state index contributed by atoms with van der Waals surface area (Å²) in [5.41, 5.74) is 6.37. The lowest BCUT2D eigenvalue weighted by atomic mass is 10.3. The average Bonchev–Trinajstić information content (AvgIpc) is 2.56. The van der Waals surface area contributed by atoms with Gasteiger partial charge in [-0.25, -0.2) is 8.42 Å². The van der Waals surface area contributed by atoms with Gasteiger partial charge in [-0.15, -0.1) is 0 Å². The fourth-order valence-electron chi connectivity index (χ4n) is 2.30. The molecule has 0 amide bonds. The van der Waals surface area contributed by atoms with Crippen molar-refractivity contribution in [3.05, 3.63) is 24.3 Å². The molecule has 112 valence electrons. The summed E-state index contributed by atoms with van der Waals surface area (Å²) in [7, 11) is -2.82. The van der Waals surface area contributed by atoms with Crippen molar-refractivity contribution in [3.63, 3.8) is 0 Å². The van der Waals surface area contributed by atoms with E-state index in [9.17, 15) is 8.42 Å². The highest BCUT2D eigenvalue weighted by Crippen LogP contribution is 2.14. The van der Waals surface area contributed by atoms with Crippen LogP contribution in [0.3, 0.4) is 0 Å². The van der Waals surface area contributed by atoms with Crippen molar-refractivity contribution in [3.8, 4) is 5.75 Å². The number of rotatable bonds is 5. The Kier molecular flexibility index (Phi) is 5.25. The second-order valence-electron chi connectivity index (χ2n) is 5.12. The van der Waals surface area contributed by atoms with Crippen LogP contribution in [0.1, 0.15) is 12.8 Å². The van der Waals surface area contributed by atoms with E-state index in [1.54, 1.807) is 6.07 Å². The summed E-state index contributed by atoms with van der Waals surface area (Å²) in [5, 5.41) is 0. The van der Waals surface area contributed by atoms with E-state index < -0.39 is 9.84 Å². The van der Waals surface area contributed by atoms with E-state index in [0.29, 0.717) is 24.6 Å². The zero-order valence-electron chi connectivity index (χ0n) is 11.6. The number of sulfone groups is 1. The van der Waals surface area contributed by atoms with Crippen LogP contribution in [-0.2, 0) is 9.84 Å². The van der Waals surface area contributed by atoms with Crippen molar-refractivity contribution in [2.24, 2.45) is 0 Å². The highest BCUT2D eigenvalue weighted by molar-refractivity contribution is 7.91. The molecule has 0 radical (unpaired) electrons. The number of anilines is 1. The quantitative estimate of drug-likeness (QED) is 0.652. The van der Waals surface area contributed by atoms with E-state index in [1.165, 1.54) is 0 Å². The molecule has 0 aromatic heterocycles. The molecule has 1 aromatic rings. The van der Waals surface area contributed by atoms with Gasteiger partial charge in [-0.3, -0.25) is 0 Å². The molecular formula is C14H22N2O3S. The van der Waals surface area contributed by atoms with Crippen molar-refractivity contribution < 1.29 is 13.2 Å². The summed E-state index contributed by atoms with van der Waals surface area (Å²) >= 11 is 0. The van der Waals surface area contributed by atoms with Crippen LogP contribution in [-0.4, -0.2) is 51.1 Å². The molecule has 0 bridgehead atoms. The minimum atomic E-state index is -2.82. The van der Waals surface area contributed by atoms with Gasteiger partial charge in [0.1, 0.15) is 5.75 Å². The lowest BCUT2D eigenvalue weighted by Gasteiger charge is -2.18. The Labute approximate surface area is 120 Å². The predicted octanol–water partition coefficient (Wildman–Crippen LogP) is 1.16. The molecule has 1 aromatic carbocycles. The molecular weight excluding hydrogens is 276 g/mol. The fraction of sp³-hybridized carbons (Fsp3) is 0.571. The van der Waals surface area contributed by atoms with Crippen LogP contribution in [0.4, 0.5) is 5.69 Å². The number of hydrogen-bond acceptors (Lipinski definition) is 5. The van der Waals surface area contributed by atoms with Crippen LogP contribution in [0, 0.1) is 0 Å². The molecule has 0 unspecified atom stereocenters. The number of ether oxygens (including phenoxy) is 1. The Morgan fingerprint density at radius 1 is 1.25 bits per heavy atom. The Bertz CT molecular complexity index is 531. The zero-order chi connectivity index (χ0) is 14.4. The number of hydrogen-bond donors (Lipinski definition) is 1. The van der Waals surface area contributed by atoms with Gasteiger partial charge in [-0.05, 0) is 31.5 Å². The van der Waals surface area contributed by atoms with Gasteiger partial charge in [0.05, 0.1) is 18.1 Å². The highest BCUT2D eigenvalue weighted by Gasteiger charge is 2.18. The molecule has 1 fully saturated rings. The normalized spacial score (nSPS) is 19.4. The van der Waals surface area contributed by atoms with Gasteiger partial charge in [0.25, 0.3) is 0 Å². The maximum Gasteiger partial charge on any atom is 0.151 e. The third kappa shape index (κ3) is 5.02. The van der Waals surface area contributed by atoms with Gasteiger partial charge in [0.2, 0.25) is 0 Å². The number of nitrogens with zero attached hydrogens (tertiary/aromatic N) is 1. The smallest absolute Gasteiger partial charge is 0.151 e. The van der Waals surface area contributed by atoms with E-state index in [1.807, 2.05) is 18.2 Å². The van der Waals surface area contributed by atoms with Crippen molar-refractivity contribution >= 4 is 15.5 Å². The standard InChI is InChI=1S/C14H22N2O3S/c15-13-4-1-5-14(12-13)19-9-2-6-16-7-3-10-20(17,18)11-8-16/h1,4-5,12H,2-3,6-11,15H2. The van der Waals surface area contributed by atoms with Gasteiger partial charge in [0, 0.05) is 24.8 Å². The monoisotopic (exact) mass is 298 g/mol. The van der Waals surface area contributed by atoms with Crippen LogP contribution in [0.15, 0.2) is 24.3 Å². The molecule has 2 rings (SSSR count). The molecule has 0 saturated carbocycles. The molecule has 1 saturated heterocycles.